The molecule has 2 aliphatic rings. The molecular formula is C16H15Cl2NO4. The molecule has 0 radical (unpaired) electrons. The number of nitrogens with zero attached hydrogens (tertiary/aromatic N) is 1. The molecule has 0 N–H and O–H groups in total. The molecule has 0 unspecified atom stereocenters. The number of carbonyl (C=O) groups is 3. The zero-order chi connectivity index (χ0) is 16.6. The third-order valence-electron chi connectivity index (χ3n) is 4.36. The lowest BCUT2D eigenvalue weighted by molar-refractivity contribution is -0.148. The van der Waals surface area contributed by atoms with Gasteiger partial charge in [-0.15, -0.1) is 0 Å². The summed E-state index contributed by atoms with van der Waals surface area (Å²) in [6, 6.07) is 4.66. The first-order valence-corrected chi connectivity index (χ1v) is 8.24. The first-order valence-electron chi connectivity index (χ1n) is 7.49. The van der Waals surface area contributed by atoms with E-state index in [9.17, 15) is 14.4 Å². The van der Waals surface area contributed by atoms with Crippen LogP contribution in [0, 0.1) is 11.8 Å². The fourth-order valence-corrected chi connectivity index (χ4v) is 3.56. The van der Waals surface area contributed by atoms with Gasteiger partial charge in [-0.05, 0) is 25.0 Å². The lowest BCUT2D eigenvalue weighted by atomic mass is 9.81. The van der Waals surface area contributed by atoms with Gasteiger partial charge in [-0.1, -0.05) is 42.1 Å². The minimum atomic E-state index is -0.713. The second-order valence-electron chi connectivity index (χ2n) is 5.79. The number of ether oxygens (including phenoxy) is 1. The molecule has 23 heavy (non-hydrogen) atoms. The minimum Gasteiger partial charge on any atom is -0.424 e. The fraction of sp³-hybridized carbons (Fsp3) is 0.438. The van der Waals surface area contributed by atoms with Crippen LogP contribution in [-0.2, 0) is 14.4 Å². The topological polar surface area (TPSA) is 63.7 Å². The van der Waals surface area contributed by atoms with Gasteiger partial charge in [-0.2, -0.15) is 0 Å². The van der Waals surface area contributed by atoms with Gasteiger partial charge in [0.05, 0.1) is 16.9 Å². The number of imide groups is 1. The summed E-state index contributed by atoms with van der Waals surface area (Å²) in [6.07, 6.45) is 3.30. The van der Waals surface area contributed by atoms with Gasteiger partial charge in [0.15, 0.2) is 5.75 Å². The molecular weight excluding hydrogens is 341 g/mol. The molecule has 5 nitrogen and oxygen atoms in total. The average molecular weight is 356 g/mol. The molecule has 1 saturated heterocycles. The molecule has 1 aromatic rings. The molecule has 7 heteroatoms. The number of fused-ring (bicyclic) bond motifs is 1. The number of halogens is 2. The third-order valence-corrected chi connectivity index (χ3v) is 5.16. The Hall–Kier alpha value is -1.59. The summed E-state index contributed by atoms with van der Waals surface area (Å²) in [6.45, 7) is -0.395. The number of esters is 1. The number of likely N-dealkylation sites (tertiary alicyclic amines) is 1. The first kappa shape index (κ1) is 16.3. The van der Waals surface area contributed by atoms with Gasteiger partial charge in [0.2, 0.25) is 11.8 Å². The Morgan fingerprint density at radius 1 is 1.13 bits per heavy atom. The number of carbonyl (C=O) groups excluding carboxylic acids is 3. The molecule has 2 fully saturated rings. The van der Waals surface area contributed by atoms with Gasteiger partial charge >= 0.3 is 5.97 Å². The first-order chi connectivity index (χ1) is 11.0. The zero-order valence-corrected chi connectivity index (χ0v) is 13.8. The molecule has 3 rings (SSSR count). The van der Waals surface area contributed by atoms with Crippen LogP contribution in [0.2, 0.25) is 10.0 Å². The number of amides is 2. The molecule has 1 saturated carbocycles. The molecule has 0 aromatic heterocycles. The largest absolute Gasteiger partial charge is 0.424 e. The van der Waals surface area contributed by atoms with Crippen molar-refractivity contribution in [3.63, 3.8) is 0 Å². The van der Waals surface area contributed by atoms with E-state index in [1.54, 1.807) is 12.1 Å². The summed E-state index contributed by atoms with van der Waals surface area (Å²) in [5.74, 6) is -1.70. The summed E-state index contributed by atoms with van der Waals surface area (Å²) in [7, 11) is 0. The van der Waals surface area contributed by atoms with Crippen LogP contribution in [0.1, 0.15) is 25.7 Å². The molecule has 1 aromatic carbocycles. The molecule has 1 aliphatic heterocycles. The molecule has 1 heterocycles. The maximum Gasteiger partial charge on any atom is 0.331 e. The van der Waals surface area contributed by atoms with Crippen LogP contribution in [0.4, 0.5) is 0 Å². The Morgan fingerprint density at radius 3 is 2.35 bits per heavy atom. The summed E-state index contributed by atoms with van der Waals surface area (Å²) in [4.78, 5) is 37.7. The minimum absolute atomic E-state index is 0.112. The van der Waals surface area contributed by atoms with Crippen LogP contribution in [0.5, 0.6) is 5.75 Å². The van der Waals surface area contributed by atoms with Gasteiger partial charge in [0.1, 0.15) is 11.6 Å². The molecule has 2 amide bonds. The van der Waals surface area contributed by atoms with Crippen LogP contribution in [0.25, 0.3) is 0 Å². The normalized spacial score (nSPS) is 23.8. The maximum absolute atomic E-state index is 12.3. The second-order valence-corrected chi connectivity index (χ2v) is 6.57. The smallest absolute Gasteiger partial charge is 0.331 e. The van der Waals surface area contributed by atoms with Crippen LogP contribution in [0.15, 0.2) is 18.2 Å². The summed E-state index contributed by atoms with van der Waals surface area (Å²) in [5, 5.41) is 0.381. The highest BCUT2D eigenvalue weighted by Gasteiger charge is 2.48. The zero-order valence-electron chi connectivity index (χ0n) is 12.3. The van der Waals surface area contributed by atoms with E-state index in [-0.39, 0.29) is 39.4 Å². The Bertz CT molecular complexity index is 652. The molecule has 122 valence electrons. The van der Waals surface area contributed by atoms with Crippen molar-refractivity contribution in [2.75, 3.05) is 6.54 Å². The Morgan fingerprint density at radius 2 is 1.74 bits per heavy atom. The van der Waals surface area contributed by atoms with Crippen molar-refractivity contribution in [2.24, 2.45) is 11.8 Å². The number of hydrogen-bond acceptors (Lipinski definition) is 4. The fourth-order valence-electron chi connectivity index (χ4n) is 3.23. The molecule has 0 spiro atoms. The monoisotopic (exact) mass is 355 g/mol. The number of benzene rings is 1. The highest BCUT2D eigenvalue weighted by molar-refractivity contribution is 6.43. The van der Waals surface area contributed by atoms with Crippen LogP contribution < -0.4 is 4.74 Å². The molecule has 1 aliphatic carbocycles. The van der Waals surface area contributed by atoms with Gasteiger partial charge < -0.3 is 4.74 Å². The molecule has 0 bridgehead atoms. The van der Waals surface area contributed by atoms with Crippen molar-refractivity contribution < 1.29 is 19.1 Å². The van der Waals surface area contributed by atoms with Crippen molar-refractivity contribution in [1.82, 2.24) is 4.90 Å². The Kier molecular flexibility index (Phi) is 4.60. The van der Waals surface area contributed by atoms with E-state index in [1.165, 1.54) is 6.07 Å². The van der Waals surface area contributed by atoms with E-state index in [1.807, 2.05) is 0 Å². The van der Waals surface area contributed by atoms with E-state index in [0.29, 0.717) is 12.8 Å². The van der Waals surface area contributed by atoms with Gasteiger partial charge in [0, 0.05) is 0 Å². The van der Waals surface area contributed by atoms with E-state index >= 15 is 0 Å². The molecule has 2 atom stereocenters. The number of hydrogen-bond donors (Lipinski definition) is 0. The van der Waals surface area contributed by atoms with Crippen LogP contribution in [0.3, 0.4) is 0 Å². The number of rotatable bonds is 3. The van der Waals surface area contributed by atoms with Crippen molar-refractivity contribution in [3.05, 3.63) is 28.2 Å². The predicted octanol–water partition coefficient (Wildman–Crippen LogP) is 3.07. The highest BCUT2D eigenvalue weighted by atomic mass is 35.5. The average Bonchev–Trinajstić information content (AvgIpc) is 2.77. The van der Waals surface area contributed by atoms with E-state index in [0.717, 1.165) is 17.7 Å². The summed E-state index contributed by atoms with van der Waals surface area (Å²) in [5.41, 5.74) is 0. The van der Waals surface area contributed by atoms with Crippen molar-refractivity contribution >= 4 is 41.0 Å². The summed E-state index contributed by atoms with van der Waals surface area (Å²) < 4.78 is 5.14. The Balaban J connectivity index is 1.69. The maximum atomic E-state index is 12.3. The lowest BCUT2D eigenvalue weighted by Gasteiger charge is -2.19. The van der Waals surface area contributed by atoms with E-state index < -0.39 is 12.5 Å². The lowest BCUT2D eigenvalue weighted by Crippen LogP contribution is -2.37. The predicted molar refractivity (Wildman–Crippen MR) is 84.3 cm³/mol. The third kappa shape index (κ3) is 3.08. The van der Waals surface area contributed by atoms with E-state index in [4.69, 9.17) is 27.9 Å². The van der Waals surface area contributed by atoms with Crippen molar-refractivity contribution in [3.8, 4) is 5.75 Å². The Labute approximate surface area is 143 Å². The van der Waals surface area contributed by atoms with Crippen molar-refractivity contribution in [1.29, 1.82) is 0 Å². The van der Waals surface area contributed by atoms with Crippen molar-refractivity contribution in [2.45, 2.75) is 25.7 Å². The van der Waals surface area contributed by atoms with Gasteiger partial charge in [-0.25, -0.2) is 4.79 Å². The standard InChI is InChI=1S/C16H15Cl2NO4/c17-11-6-3-7-12(14(11)18)23-13(20)8-19-15(21)9-4-1-2-5-10(9)16(19)22/h3,6-7,9-10H,1-2,4-5,8H2/t9-,10-/m1/s1. The highest BCUT2D eigenvalue weighted by Crippen LogP contribution is 2.38. The van der Waals surface area contributed by atoms with Crippen LogP contribution in [-0.4, -0.2) is 29.2 Å². The SMILES string of the molecule is O=C(CN1C(=O)[C@@H]2CCCC[C@H]2C1=O)Oc1cccc(Cl)c1Cl. The summed E-state index contributed by atoms with van der Waals surface area (Å²) >= 11 is 11.8. The quantitative estimate of drug-likeness (QED) is 0.474. The van der Waals surface area contributed by atoms with E-state index in [2.05, 4.69) is 0 Å². The second kappa shape index (κ2) is 6.49. The van der Waals surface area contributed by atoms with Gasteiger partial charge in [0.25, 0.3) is 0 Å². The van der Waals surface area contributed by atoms with Gasteiger partial charge in [-0.3, -0.25) is 14.5 Å². The van der Waals surface area contributed by atoms with Crippen LogP contribution >= 0.6 is 23.2 Å².